The van der Waals surface area contributed by atoms with E-state index in [1.54, 1.807) is 35.9 Å². The summed E-state index contributed by atoms with van der Waals surface area (Å²) in [7, 11) is 0. The molecule has 1 N–H and O–H groups in total. The number of aryl methyl sites for hydroxylation is 1. The van der Waals surface area contributed by atoms with Crippen LogP contribution in [0.5, 0.6) is 0 Å². The average molecular weight is 509 g/mol. The second-order valence-electron chi connectivity index (χ2n) is 7.26. The second-order valence-corrected chi connectivity index (χ2v) is 9.73. The molecule has 8 heteroatoms. The van der Waals surface area contributed by atoms with Gasteiger partial charge in [-0.15, -0.1) is 11.3 Å². The van der Waals surface area contributed by atoms with Gasteiger partial charge in [0.1, 0.15) is 5.82 Å². The molecule has 0 bridgehead atoms. The van der Waals surface area contributed by atoms with Gasteiger partial charge in [-0.3, -0.25) is 9.67 Å². The third-order valence-electron chi connectivity index (χ3n) is 5.17. The van der Waals surface area contributed by atoms with E-state index in [1.165, 1.54) is 12.1 Å². The van der Waals surface area contributed by atoms with Gasteiger partial charge in [0.25, 0.3) is 0 Å². The Morgan fingerprint density at radius 2 is 1.75 bits per heavy atom. The Balaban J connectivity index is 1.88. The second kappa shape index (κ2) is 8.90. The van der Waals surface area contributed by atoms with Crippen molar-refractivity contribution in [2.45, 2.75) is 13.0 Å². The Labute approximate surface area is 196 Å². The van der Waals surface area contributed by atoms with Gasteiger partial charge in [-0.05, 0) is 76.4 Å². The molecule has 0 spiro atoms. The predicted molar refractivity (Wildman–Crippen MR) is 129 cm³/mol. The number of benzene rings is 1. The van der Waals surface area contributed by atoms with Gasteiger partial charge in [-0.25, -0.2) is 9.37 Å². The molecule has 0 atom stereocenters. The first-order valence-corrected chi connectivity index (χ1v) is 11.7. The SMILES string of the molecule is OCCCn1cc2c(-c3ccc(Br)s3)c(-c3ccncc3)c(-c3ccc(F)cc3)nc2n1. The third-order valence-corrected chi connectivity index (χ3v) is 6.81. The van der Waals surface area contributed by atoms with Crippen LogP contribution in [0.15, 0.2) is 70.9 Å². The summed E-state index contributed by atoms with van der Waals surface area (Å²) < 4.78 is 16.5. The Morgan fingerprint density at radius 1 is 0.969 bits per heavy atom. The van der Waals surface area contributed by atoms with Crippen LogP contribution in [0.25, 0.3) is 43.9 Å². The van der Waals surface area contributed by atoms with Crippen LogP contribution in [0.1, 0.15) is 6.42 Å². The van der Waals surface area contributed by atoms with E-state index in [0.717, 1.165) is 42.0 Å². The molecule has 0 aliphatic heterocycles. The summed E-state index contributed by atoms with van der Waals surface area (Å²) in [6.45, 7) is 0.689. The molecule has 0 unspecified atom stereocenters. The summed E-state index contributed by atoms with van der Waals surface area (Å²) in [5.74, 6) is -0.295. The number of thiophene rings is 1. The molecule has 32 heavy (non-hydrogen) atoms. The lowest BCUT2D eigenvalue weighted by molar-refractivity contribution is 0.277. The minimum absolute atomic E-state index is 0.0947. The predicted octanol–water partition coefficient (Wildman–Crippen LogP) is 6.17. The monoisotopic (exact) mass is 508 g/mol. The van der Waals surface area contributed by atoms with Crippen LogP contribution in [0.3, 0.4) is 0 Å². The molecule has 0 aliphatic carbocycles. The molecule has 5 aromatic rings. The zero-order chi connectivity index (χ0) is 22.1. The van der Waals surface area contributed by atoms with Crippen LogP contribution in [-0.2, 0) is 6.54 Å². The first kappa shape index (κ1) is 20.9. The molecule has 4 aromatic heterocycles. The van der Waals surface area contributed by atoms with E-state index in [0.29, 0.717) is 18.6 Å². The van der Waals surface area contributed by atoms with Crippen molar-refractivity contribution in [3.05, 3.63) is 76.7 Å². The molecule has 1 aromatic carbocycles. The molecular weight excluding hydrogens is 491 g/mol. The number of hydrogen-bond acceptors (Lipinski definition) is 5. The maximum Gasteiger partial charge on any atom is 0.182 e. The van der Waals surface area contributed by atoms with Crippen molar-refractivity contribution in [2.75, 3.05) is 6.61 Å². The first-order valence-electron chi connectivity index (χ1n) is 10.1. The summed E-state index contributed by atoms with van der Waals surface area (Å²) >= 11 is 5.22. The number of rotatable bonds is 6. The summed E-state index contributed by atoms with van der Waals surface area (Å²) in [6, 6.07) is 14.4. The average Bonchev–Trinajstić information content (AvgIpc) is 3.43. The summed E-state index contributed by atoms with van der Waals surface area (Å²) in [4.78, 5) is 10.2. The Hall–Kier alpha value is -2.94. The van der Waals surface area contributed by atoms with E-state index in [9.17, 15) is 9.50 Å². The van der Waals surface area contributed by atoms with Crippen LogP contribution in [-0.4, -0.2) is 31.5 Å². The van der Waals surface area contributed by atoms with Crippen molar-refractivity contribution >= 4 is 38.3 Å². The Bertz CT molecular complexity index is 1380. The fraction of sp³-hybridized carbons (Fsp3) is 0.125. The molecule has 4 heterocycles. The highest BCUT2D eigenvalue weighted by Crippen LogP contribution is 2.45. The van der Waals surface area contributed by atoms with Gasteiger partial charge < -0.3 is 5.11 Å². The van der Waals surface area contributed by atoms with Crippen LogP contribution in [0.2, 0.25) is 0 Å². The van der Waals surface area contributed by atoms with Crippen molar-refractivity contribution < 1.29 is 9.50 Å². The van der Waals surface area contributed by atoms with Gasteiger partial charge in [-0.1, -0.05) is 0 Å². The number of fused-ring (bicyclic) bond motifs is 1. The molecule has 0 amide bonds. The molecule has 0 radical (unpaired) electrons. The van der Waals surface area contributed by atoms with Gasteiger partial charge in [0.05, 0.1) is 9.48 Å². The van der Waals surface area contributed by atoms with Crippen molar-refractivity contribution in [3.8, 4) is 32.8 Å². The highest BCUT2D eigenvalue weighted by molar-refractivity contribution is 9.11. The fourth-order valence-corrected chi connectivity index (χ4v) is 5.20. The van der Waals surface area contributed by atoms with Crippen molar-refractivity contribution in [2.24, 2.45) is 0 Å². The van der Waals surface area contributed by atoms with E-state index in [1.807, 2.05) is 29.1 Å². The summed E-state index contributed by atoms with van der Waals surface area (Å²) in [5.41, 5.74) is 5.09. The highest BCUT2D eigenvalue weighted by atomic mass is 79.9. The lowest BCUT2D eigenvalue weighted by Gasteiger charge is -2.15. The van der Waals surface area contributed by atoms with Crippen molar-refractivity contribution in [1.82, 2.24) is 19.7 Å². The maximum absolute atomic E-state index is 13.7. The number of aromatic nitrogens is 4. The quantitative estimate of drug-likeness (QED) is 0.297. The standard InChI is InChI=1S/C24H18BrFN4OS/c25-20-7-6-19(32-20)22-18-14-30(12-1-13-31)29-24(18)28-23(16-2-4-17(26)5-3-16)21(22)15-8-10-27-11-9-15/h2-11,14,31H,1,12-13H2. The van der Waals surface area contributed by atoms with Gasteiger partial charge in [0.2, 0.25) is 0 Å². The van der Waals surface area contributed by atoms with Crippen LogP contribution in [0, 0.1) is 5.82 Å². The Morgan fingerprint density at radius 3 is 2.44 bits per heavy atom. The minimum Gasteiger partial charge on any atom is -0.396 e. The molecule has 160 valence electrons. The van der Waals surface area contributed by atoms with E-state index in [2.05, 4.69) is 32.1 Å². The van der Waals surface area contributed by atoms with E-state index < -0.39 is 0 Å². The van der Waals surface area contributed by atoms with Crippen molar-refractivity contribution in [3.63, 3.8) is 0 Å². The normalized spacial score (nSPS) is 11.3. The zero-order valence-electron chi connectivity index (χ0n) is 16.9. The first-order chi connectivity index (χ1) is 15.6. The lowest BCUT2D eigenvalue weighted by Crippen LogP contribution is -2.00. The van der Waals surface area contributed by atoms with Crippen molar-refractivity contribution in [1.29, 1.82) is 0 Å². The lowest BCUT2D eigenvalue weighted by atomic mass is 9.93. The molecule has 0 saturated heterocycles. The smallest absolute Gasteiger partial charge is 0.182 e. The number of aliphatic hydroxyl groups is 1. The molecule has 0 aliphatic rings. The van der Waals surface area contributed by atoms with E-state index in [-0.39, 0.29) is 12.4 Å². The third kappa shape index (κ3) is 3.97. The minimum atomic E-state index is -0.295. The Kier molecular flexibility index (Phi) is 5.82. The number of pyridine rings is 2. The number of nitrogens with zero attached hydrogens (tertiary/aromatic N) is 4. The fourth-order valence-electron chi connectivity index (χ4n) is 3.75. The number of hydrogen-bond donors (Lipinski definition) is 1. The number of halogens is 2. The van der Waals surface area contributed by atoms with E-state index >= 15 is 0 Å². The zero-order valence-corrected chi connectivity index (χ0v) is 19.3. The van der Waals surface area contributed by atoms with Gasteiger partial charge >= 0.3 is 0 Å². The summed E-state index contributed by atoms with van der Waals surface area (Å²) in [5, 5.41) is 14.9. The maximum atomic E-state index is 13.7. The summed E-state index contributed by atoms with van der Waals surface area (Å²) in [6.07, 6.45) is 6.11. The van der Waals surface area contributed by atoms with Gasteiger partial charge in [0.15, 0.2) is 5.65 Å². The molecule has 5 rings (SSSR count). The topological polar surface area (TPSA) is 63.8 Å². The van der Waals surface area contributed by atoms with E-state index in [4.69, 9.17) is 4.98 Å². The van der Waals surface area contributed by atoms with Gasteiger partial charge in [0, 0.05) is 58.7 Å². The van der Waals surface area contributed by atoms with Crippen LogP contribution in [0.4, 0.5) is 4.39 Å². The van der Waals surface area contributed by atoms with Crippen LogP contribution >= 0.6 is 27.3 Å². The molecular formula is C24H18BrFN4OS. The van der Waals surface area contributed by atoms with Crippen LogP contribution < -0.4 is 0 Å². The highest BCUT2D eigenvalue weighted by Gasteiger charge is 2.22. The molecule has 0 fully saturated rings. The largest absolute Gasteiger partial charge is 0.396 e. The van der Waals surface area contributed by atoms with Gasteiger partial charge in [-0.2, -0.15) is 5.10 Å². The number of aliphatic hydroxyl groups excluding tert-OH is 1. The molecule has 5 nitrogen and oxygen atoms in total. The molecule has 0 saturated carbocycles.